The summed E-state index contributed by atoms with van der Waals surface area (Å²) in [4.78, 5) is 10.6. The van der Waals surface area contributed by atoms with E-state index in [0.29, 0.717) is 12.1 Å². The van der Waals surface area contributed by atoms with Crippen LogP contribution in [0.3, 0.4) is 0 Å². The van der Waals surface area contributed by atoms with Crippen LogP contribution in [0.4, 0.5) is 0 Å². The standard InChI is InChI=1S/C14H19NO3/c1-11(14(16)17)7-9-15-10-8-12-5-3-4-6-13(12)18-2/h3-7,15H,8-10H2,1-2H3,(H,16,17)/b11-7-. The molecule has 18 heavy (non-hydrogen) atoms. The predicted octanol–water partition coefficient (Wildman–Crippen LogP) is 1.86. The molecule has 1 rings (SSSR count). The minimum atomic E-state index is -0.874. The summed E-state index contributed by atoms with van der Waals surface area (Å²) in [6.45, 7) is 2.93. The van der Waals surface area contributed by atoms with Gasteiger partial charge in [0.1, 0.15) is 5.75 Å². The van der Waals surface area contributed by atoms with E-state index < -0.39 is 5.97 Å². The van der Waals surface area contributed by atoms with Crippen LogP contribution in [0.25, 0.3) is 0 Å². The Morgan fingerprint density at radius 3 is 2.83 bits per heavy atom. The first-order valence-electron chi connectivity index (χ1n) is 5.88. The van der Waals surface area contributed by atoms with E-state index in [1.54, 1.807) is 20.1 Å². The third-order valence-corrected chi connectivity index (χ3v) is 2.65. The maximum Gasteiger partial charge on any atom is 0.330 e. The highest BCUT2D eigenvalue weighted by molar-refractivity contribution is 5.85. The molecule has 0 aliphatic carbocycles. The maximum absolute atomic E-state index is 10.6. The largest absolute Gasteiger partial charge is 0.496 e. The number of methoxy groups -OCH3 is 1. The van der Waals surface area contributed by atoms with Crippen molar-refractivity contribution in [2.24, 2.45) is 0 Å². The average Bonchev–Trinajstić information content (AvgIpc) is 2.38. The van der Waals surface area contributed by atoms with Gasteiger partial charge in [0.15, 0.2) is 0 Å². The van der Waals surface area contributed by atoms with E-state index in [-0.39, 0.29) is 0 Å². The molecule has 4 nitrogen and oxygen atoms in total. The van der Waals surface area contributed by atoms with Gasteiger partial charge in [-0.15, -0.1) is 0 Å². The van der Waals surface area contributed by atoms with Gasteiger partial charge in [-0.3, -0.25) is 0 Å². The van der Waals surface area contributed by atoms with E-state index in [4.69, 9.17) is 9.84 Å². The molecule has 0 amide bonds. The lowest BCUT2D eigenvalue weighted by Crippen LogP contribution is -2.18. The molecule has 98 valence electrons. The highest BCUT2D eigenvalue weighted by Gasteiger charge is 2.01. The van der Waals surface area contributed by atoms with Crippen LogP contribution in [0.15, 0.2) is 35.9 Å². The van der Waals surface area contributed by atoms with E-state index >= 15 is 0 Å². The lowest BCUT2D eigenvalue weighted by Gasteiger charge is -2.08. The summed E-state index contributed by atoms with van der Waals surface area (Å²) in [6.07, 6.45) is 2.52. The van der Waals surface area contributed by atoms with Gasteiger partial charge >= 0.3 is 5.97 Å². The third kappa shape index (κ3) is 4.59. The predicted molar refractivity (Wildman–Crippen MR) is 71.0 cm³/mol. The zero-order chi connectivity index (χ0) is 13.4. The van der Waals surface area contributed by atoms with Gasteiger partial charge in [0, 0.05) is 12.1 Å². The van der Waals surface area contributed by atoms with Crippen LogP contribution in [0.5, 0.6) is 5.75 Å². The number of carbonyl (C=O) groups is 1. The maximum atomic E-state index is 10.6. The van der Waals surface area contributed by atoms with Crippen molar-refractivity contribution in [2.75, 3.05) is 20.2 Å². The summed E-state index contributed by atoms with van der Waals surface area (Å²) in [5, 5.41) is 11.8. The smallest absolute Gasteiger partial charge is 0.330 e. The molecule has 0 fully saturated rings. The van der Waals surface area contributed by atoms with E-state index in [1.807, 2.05) is 24.3 Å². The Labute approximate surface area is 107 Å². The second-order valence-electron chi connectivity index (χ2n) is 3.96. The van der Waals surface area contributed by atoms with Gasteiger partial charge in [0.05, 0.1) is 7.11 Å². The highest BCUT2D eigenvalue weighted by Crippen LogP contribution is 2.17. The number of para-hydroxylation sites is 1. The van der Waals surface area contributed by atoms with Crippen molar-refractivity contribution in [3.63, 3.8) is 0 Å². The lowest BCUT2D eigenvalue weighted by molar-refractivity contribution is -0.132. The molecular formula is C14H19NO3. The van der Waals surface area contributed by atoms with Crippen molar-refractivity contribution in [1.82, 2.24) is 5.32 Å². The molecule has 0 heterocycles. The van der Waals surface area contributed by atoms with Crippen LogP contribution in [0, 0.1) is 0 Å². The molecule has 1 aromatic carbocycles. The van der Waals surface area contributed by atoms with Gasteiger partial charge in [-0.2, -0.15) is 0 Å². The van der Waals surface area contributed by atoms with Crippen molar-refractivity contribution in [1.29, 1.82) is 0 Å². The number of ether oxygens (including phenoxy) is 1. The Bertz CT molecular complexity index is 427. The molecule has 0 spiro atoms. The summed E-state index contributed by atoms with van der Waals surface area (Å²) < 4.78 is 5.25. The minimum Gasteiger partial charge on any atom is -0.496 e. The topological polar surface area (TPSA) is 58.6 Å². The highest BCUT2D eigenvalue weighted by atomic mass is 16.5. The number of nitrogens with one attached hydrogen (secondary N) is 1. The quantitative estimate of drug-likeness (QED) is 0.572. The lowest BCUT2D eigenvalue weighted by atomic mass is 10.1. The number of carboxylic acids is 1. The summed E-state index contributed by atoms with van der Waals surface area (Å²) in [5.41, 5.74) is 1.51. The Morgan fingerprint density at radius 2 is 2.17 bits per heavy atom. The molecule has 0 saturated heterocycles. The van der Waals surface area contributed by atoms with Crippen LogP contribution >= 0.6 is 0 Å². The summed E-state index contributed by atoms with van der Waals surface area (Å²) >= 11 is 0. The Morgan fingerprint density at radius 1 is 1.44 bits per heavy atom. The SMILES string of the molecule is COc1ccccc1CCNC/C=C(/C)C(=O)O. The van der Waals surface area contributed by atoms with Crippen molar-refractivity contribution in [3.05, 3.63) is 41.5 Å². The van der Waals surface area contributed by atoms with E-state index in [0.717, 1.165) is 24.3 Å². The van der Waals surface area contributed by atoms with E-state index in [9.17, 15) is 4.79 Å². The van der Waals surface area contributed by atoms with Crippen LogP contribution in [-0.4, -0.2) is 31.3 Å². The fraction of sp³-hybridized carbons (Fsp3) is 0.357. The second kappa shape index (κ2) is 7.50. The van der Waals surface area contributed by atoms with Crippen LogP contribution < -0.4 is 10.1 Å². The number of hydrogen-bond donors (Lipinski definition) is 2. The first-order chi connectivity index (χ1) is 8.65. The fourth-order valence-corrected chi connectivity index (χ4v) is 1.55. The summed E-state index contributed by atoms with van der Waals surface area (Å²) in [6, 6.07) is 7.88. The molecule has 1 aromatic rings. The fourth-order valence-electron chi connectivity index (χ4n) is 1.55. The monoisotopic (exact) mass is 249 g/mol. The van der Waals surface area contributed by atoms with Crippen molar-refractivity contribution in [2.45, 2.75) is 13.3 Å². The number of hydrogen-bond acceptors (Lipinski definition) is 3. The normalized spacial score (nSPS) is 11.3. The Hall–Kier alpha value is -1.81. The van der Waals surface area contributed by atoms with Crippen molar-refractivity contribution in [3.8, 4) is 5.75 Å². The average molecular weight is 249 g/mol. The van der Waals surface area contributed by atoms with E-state index in [2.05, 4.69) is 5.32 Å². The number of aliphatic carboxylic acids is 1. The summed E-state index contributed by atoms with van der Waals surface area (Å²) in [7, 11) is 1.66. The van der Waals surface area contributed by atoms with Gasteiger partial charge in [-0.05, 0) is 31.5 Å². The van der Waals surface area contributed by atoms with Crippen LogP contribution in [0.2, 0.25) is 0 Å². The first kappa shape index (κ1) is 14.3. The van der Waals surface area contributed by atoms with Gasteiger partial charge in [0.2, 0.25) is 0 Å². The zero-order valence-electron chi connectivity index (χ0n) is 10.8. The van der Waals surface area contributed by atoms with Gasteiger partial charge in [-0.25, -0.2) is 4.79 Å². The molecule has 0 aromatic heterocycles. The van der Waals surface area contributed by atoms with Gasteiger partial charge < -0.3 is 15.2 Å². The molecule has 0 atom stereocenters. The van der Waals surface area contributed by atoms with Crippen molar-refractivity contribution >= 4 is 5.97 Å². The molecule has 0 aliphatic rings. The molecule has 0 aliphatic heterocycles. The molecular weight excluding hydrogens is 230 g/mol. The minimum absolute atomic E-state index is 0.361. The molecule has 2 N–H and O–H groups in total. The van der Waals surface area contributed by atoms with Crippen molar-refractivity contribution < 1.29 is 14.6 Å². The molecule has 0 unspecified atom stereocenters. The van der Waals surface area contributed by atoms with Crippen LogP contribution in [-0.2, 0) is 11.2 Å². The zero-order valence-corrected chi connectivity index (χ0v) is 10.8. The Kier molecular flexibility index (Phi) is 5.94. The molecule has 0 bridgehead atoms. The molecule has 4 heteroatoms. The first-order valence-corrected chi connectivity index (χ1v) is 5.88. The summed E-state index contributed by atoms with van der Waals surface area (Å²) in [5.74, 6) is 0.0121. The van der Waals surface area contributed by atoms with Gasteiger partial charge in [0.25, 0.3) is 0 Å². The van der Waals surface area contributed by atoms with E-state index in [1.165, 1.54) is 0 Å². The molecule has 0 radical (unpaired) electrons. The molecule has 0 saturated carbocycles. The number of carboxylic acid groups (broad SMARTS) is 1. The third-order valence-electron chi connectivity index (χ3n) is 2.65. The Balaban J connectivity index is 2.34. The van der Waals surface area contributed by atoms with Gasteiger partial charge in [-0.1, -0.05) is 24.3 Å². The number of rotatable bonds is 7. The van der Waals surface area contributed by atoms with Crippen LogP contribution in [0.1, 0.15) is 12.5 Å². The second-order valence-corrected chi connectivity index (χ2v) is 3.96. The number of benzene rings is 1.